The number of aryl methyl sites for hydroxylation is 1. The Morgan fingerprint density at radius 1 is 1.19 bits per heavy atom. The number of aliphatic hydroxyl groups excluding tert-OH is 1. The van der Waals surface area contributed by atoms with Gasteiger partial charge in [-0.05, 0) is 62.5 Å². The van der Waals surface area contributed by atoms with E-state index in [4.69, 9.17) is 4.18 Å². The van der Waals surface area contributed by atoms with Gasteiger partial charge in [-0.2, -0.15) is 8.42 Å². The van der Waals surface area contributed by atoms with E-state index >= 15 is 0 Å². The molecule has 0 radical (unpaired) electrons. The molecule has 1 aromatic rings. The van der Waals surface area contributed by atoms with Gasteiger partial charge in [0.1, 0.15) is 0 Å². The fraction of sp³-hybridized carbons (Fsp3) is 0.625. The second kappa shape index (κ2) is 5.71. The van der Waals surface area contributed by atoms with Crippen LogP contribution in [0, 0.1) is 24.7 Å². The third kappa shape index (κ3) is 3.15. The first-order chi connectivity index (χ1) is 9.95. The van der Waals surface area contributed by atoms with Gasteiger partial charge in [-0.1, -0.05) is 17.7 Å². The van der Waals surface area contributed by atoms with Gasteiger partial charge in [-0.3, -0.25) is 4.18 Å². The number of rotatable bonds is 4. The lowest BCUT2D eigenvalue weighted by atomic mass is 9.63. The zero-order valence-corrected chi connectivity index (χ0v) is 13.1. The fourth-order valence-corrected chi connectivity index (χ4v) is 4.72. The van der Waals surface area contributed by atoms with Gasteiger partial charge in [0.25, 0.3) is 10.1 Å². The van der Waals surface area contributed by atoms with Gasteiger partial charge < -0.3 is 5.11 Å². The lowest BCUT2D eigenvalue weighted by Gasteiger charge is -2.45. The average Bonchev–Trinajstić information content (AvgIpc) is 2.46. The lowest BCUT2D eigenvalue weighted by Crippen LogP contribution is -2.43. The van der Waals surface area contributed by atoms with Crippen LogP contribution in [0.4, 0.5) is 0 Å². The van der Waals surface area contributed by atoms with Crippen molar-refractivity contribution in [3.05, 3.63) is 29.8 Å². The van der Waals surface area contributed by atoms with Crippen molar-refractivity contribution in [2.75, 3.05) is 6.61 Å². The van der Waals surface area contributed by atoms with Crippen LogP contribution in [0.2, 0.25) is 0 Å². The Balaban J connectivity index is 1.65. The standard InChI is InChI=1S/C16H22O4S/c1-11-2-5-14(6-3-11)21(18,19)20-10-13-8-12-4-7-15(13)16(17)9-12/h2-3,5-6,12-13,15-17H,4,7-10H2,1H3/t12-,13+,15-,16-/m1/s1. The molecule has 3 aliphatic rings. The normalized spacial score (nSPS) is 32.3. The Labute approximate surface area is 126 Å². The molecule has 0 spiro atoms. The molecule has 2 bridgehead atoms. The van der Waals surface area contributed by atoms with E-state index < -0.39 is 10.1 Å². The third-order valence-electron chi connectivity index (χ3n) is 4.97. The van der Waals surface area contributed by atoms with E-state index in [1.165, 1.54) is 0 Å². The maximum Gasteiger partial charge on any atom is 0.296 e. The SMILES string of the molecule is Cc1ccc(S(=O)(=O)OC[C@@H]2C[C@H]3CC[C@H]2[C@H](O)C3)cc1. The summed E-state index contributed by atoms with van der Waals surface area (Å²) in [5.74, 6) is 0.886. The first-order valence-electron chi connectivity index (χ1n) is 7.60. The summed E-state index contributed by atoms with van der Waals surface area (Å²) >= 11 is 0. The average molecular weight is 310 g/mol. The number of aliphatic hydroxyl groups is 1. The maximum atomic E-state index is 12.2. The summed E-state index contributed by atoms with van der Waals surface area (Å²) in [5.41, 5.74) is 1.02. The Kier molecular flexibility index (Phi) is 4.08. The van der Waals surface area contributed by atoms with E-state index in [-0.39, 0.29) is 29.4 Å². The first-order valence-corrected chi connectivity index (χ1v) is 9.01. The maximum absolute atomic E-state index is 12.2. The van der Waals surface area contributed by atoms with Crippen LogP contribution >= 0.6 is 0 Å². The second-order valence-electron chi connectivity index (χ2n) is 6.46. The predicted molar refractivity (Wildman–Crippen MR) is 79.3 cm³/mol. The number of fused-ring (bicyclic) bond motifs is 3. The largest absolute Gasteiger partial charge is 0.393 e. The summed E-state index contributed by atoms with van der Waals surface area (Å²) in [6.45, 7) is 2.10. The highest BCUT2D eigenvalue weighted by atomic mass is 32.2. The van der Waals surface area contributed by atoms with Crippen molar-refractivity contribution in [2.45, 2.75) is 43.6 Å². The van der Waals surface area contributed by atoms with Crippen LogP contribution in [0.3, 0.4) is 0 Å². The number of hydrogen-bond acceptors (Lipinski definition) is 4. The predicted octanol–water partition coefficient (Wildman–Crippen LogP) is 2.50. The molecule has 0 amide bonds. The molecule has 4 atom stereocenters. The second-order valence-corrected chi connectivity index (χ2v) is 8.07. The molecule has 0 heterocycles. The molecule has 0 aliphatic heterocycles. The van der Waals surface area contributed by atoms with E-state index in [9.17, 15) is 13.5 Å². The van der Waals surface area contributed by atoms with Crippen LogP contribution in [0.1, 0.15) is 31.2 Å². The Morgan fingerprint density at radius 3 is 2.52 bits per heavy atom. The molecule has 0 aromatic heterocycles. The molecular formula is C16H22O4S. The van der Waals surface area contributed by atoms with E-state index in [0.29, 0.717) is 5.92 Å². The Morgan fingerprint density at radius 2 is 1.90 bits per heavy atom. The van der Waals surface area contributed by atoms with Crippen LogP contribution in [-0.4, -0.2) is 26.2 Å². The van der Waals surface area contributed by atoms with Crippen LogP contribution in [0.15, 0.2) is 29.2 Å². The lowest BCUT2D eigenvalue weighted by molar-refractivity contribution is -0.0485. The summed E-state index contributed by atoms with van der Waals surface area (Å²) in [7, 11) is -3.69. The minimum atomic E-state index is -3.69. The van der Waals surface area contributed by atoms with Crippen molar-refractivity contribution >= 4 is 10.1 Å². The van der Waals surface area contributed by atoms with Crippen molar-refractivity contribution in [2.24, 2.45) is 17.8 Å². The van der Waals surface area contributed by atoms with Crippen LogP contribution in [0.25, 0.3) is 0 Å². The summed E-state index contributed by atoms with van der Waals surface area (Å²) in [5, 5.41) is 10.0. The zero-order chi connectivity index (χ0) is 15.0. The third-order valence-corrected chi connectivity index (χ3v) is 6.26. The monoisotopic (exact) mass is 310 g/mol. The molecule has 4 nitrogen and oxygen atoms in total. The van der Waals surface area contributed by atoms with Gasteiger partial charge in [-0.15, -0.1) is 0 Å². The minimum absolute atomic E-state index is 0.160. The molecule has 21 heavy (non-hydrogen) atoms. The topological polar surface area (TPSA) is 63.6 Å². The quantitative estimate of drug-likeness (QED) is 0.868. The number of hydrogen-bond donors (Lipinski definition) is 1. The molecule has 3 aliphatic carbocycles. The summed E-state index contributed by atoms with van der Waals surface area (Å²) in [6.07, 6.45) is 3.71. The minimum Gasteiger partial charge on any atom is -0.393 e. The van der Waals surface area contributed by atoms with Crippen LogP contribution in [-0.2, 0) is 14.3 Å². The fourth-order valence-electron chi connectivity index (χ4n) is 3.76. The molecule has 0 unspecified atom stereocenters. The summed E-state index contributed by atoms with van der Waals surface area (Å²) < 4.78 is 29.6. The number of benzene rings is 1. The van der Waals surface area contributed by atoms with E-state index in [2.05, 4.69) is 0 Å². The van der Waals surface area contributed by atoms with Crippen LogP contribution < -0.4 is 0 Å². The van der Waals surface area contributed by atoms with Crippen molar-refractivity contribution in [3.63, 3.8) is 0 Å². The molecule has 3 fully saturated rings. The highest BCUT2D eigenvalue weighted by Gasteiger charge is 2.41. The molecule has 1 N–H and O–H groups in total. The highest BCUT2D eigenvalue weighted by molar-refractivity contribution is 7.86. The Hall–Kier alpha value is -0.910. The van der Waals surface area contributed by atoms with Crippen molar-refractivity contribution < 1.29 is 17.7 Å². The molecule has 116 valence electrons. The van der Waals surface area contributed by atoms with Gasteiger partial charge in [0.15, 0.2) is 0 Å². The molecule has 4 rings (SSSR count). The van der Waals surface area contributed by atoms with Gasteiger partial charge in [0, 0.05) is 0 Å². The summed E-state index contributed by atoms with van der Waals surface area (Å²) in [4.78, 5) is 0.203. The van der Waals surface area contributed by atoms with Crippen molar-refractivity contribution in [1.29, 1.82) is 0 Å². The molecule has 5 heteroatoms. The van der Waals surface area contributed by atoms with Gasteiger partial charge >= 0.3 is 0 Å². The van der Waals surface area contributed by atoms with Gasteiger partial charge in [0.2, 0.25) is 0 Å². The van der Waals surface area contributed by atoms with Crippen molar-refractivity contribution in [1.82, 2.24) is 0 Å². The van der Waals surface area contributed by atoms with E-state index in [1.54, 1.807) is 24.3 Å². The van der Waals surface area contributed by atoms with E-state index in [0.717, 1.165) is 31.2 Å². The summed E-state index contributed by atoms with van der Waals surface area (Å²) in [6, 6.07) is 6.68. The highest BCUT2D eigenvalue weighted by Crippen LogP contribution is 2.45. The first kappa shape index (κ1) is 15.0. The van der Waals surface area contributed by atoms with Gasteiger partial charge in [-0.25, -0.2) is 0 Å². The van der Waals surface area contributed by atoms with Crippen molar-refractivity contribution in [3.8, 4) is 0 Å². The van der Waals surface area contributed by atoms with Gasteiger partial charge in [0.05, 0.1) is 17.6 Å². The molecular weight excluding hydrogens is 288 g/mol. The Bertz CT molecular complexity index is 593. The van der Waals surface area contributed by atoms with E-state index in [1.807, 2.05) is 6.92 Å². The molecule has 3 saturated carbocycles. The van der Waals surface area contributed by atoms with Crippen LogP contribution in [0.5, 0.6) is 0 Å². The zero-order valence-electron chi connectivity index (χ0n) is 12.2. The molecule has 0 saturated heterocycles. The smallest absolute Gasteiger partial charge is 0.296 e. The molecule has 1 aromatic carbocycles.